The fourth-order valence-electron chi connectivity index (χ4n) is 2.68. The molecular formula is C15H18N2O. The topological polar surface area (TPSA) is 41.1 Å². The standard InChI is InChI=1S/C15H18N2O/c18-15(16-12-7-2-1-3-8-12)14-10-11-6-4-5-9-13(11)17-14/h1-2,4-6,9,12,14,17H,3,7-8,10H2,(H,16,18). The first-order chi connectivity index (χ1) is 8.83. The lowest BCUT2D eigenvalue weighted by atomic mass is 10.0. The highest BCUT2D eigenvalue weighted by molar-refractivity contribution is 5.87. The van der Waals surface area contributed by atoms with Gasteiger partial charge in [-0.1, -0.05) is 30.4 Å². The molecule has 0 saturated carbocycles. The summed E-state index contributed by atoms with van der Waals surface area (Å²) in [6, 6.07) is 8.34. The Morgan fingerprint density at radius 1 is 1.28 bits per heavy atom. The minimum absolute atomic E-state index is 0.103. The van der Waals surface area contributed by atoms with Gasteiger partial charge in [-0.05, 0) is 30.9 Å². The van der Waals surface area contributed by atoms with Crippen LogP contribution in [0.2, 0.25) is 0 Å². The minimum atomic E-state index is -0.103. The number of amides is 1. The van der Waals surface area contributed by atoms with Gasteiger partial charge in [-0.2, -0.15) is 0 Å². The van der Waals surface area contributed by atoms with Crippen LogP contribution in [0.25, 0.3) is 0 Å². The lowest BCUT2D eigenvalue weighted by Crippen LogP contribution is -2.44. The maximum absolute atomic E-state index is 12.2. The van der Waals surface area contributed by atoms with Crippen molar-refractivity contribution in [3.8, 4) is 0 Å². The molecule has 0 spiro atoms. The van der Waals surface area contributed by atoms with Gasteiger partial charge in [0.25, 0.3) is 0 Å². The summed E-state index contributed by atoms with van der Waals surface area (Å²) in [5.74, 6) is 0.131. The van der Waals surface area contributed by atoms with E-state index in [9.17, 15) is 4.79 Å². The van der Waals surface area contributed by atoms with Gasteiger partial charge in [0.15, 0.2) is 0 Å². The number of rotatable bonds is 2. The summed E-state index contributed by atoms with van der Waals surface area (Å²) in [5.41, 5.74) is 2.34. The van der Waals surface area contributed by atoms with Gasteiger partial charge >= 0.3 is 0 Å². The third-order valence-corrected chi connectivity index (χ3v) is 3.70. The molecule has 3 nitrogen and oxygen atoms in total. The average Bonchev–Trinajstić information content (AvgIpc) is 2.84. The van der Waals surface area contributed by atoms with E-state index in [0.717, 1.165) is 31.4 Å². The summed E-state index contributed by atoms with van der Waals surface area (Å²) in [6.07, 6.45) is 8.23. The summed E-state index contributed by atoms with van der Waals surface area (Å²) in [5, 5.41) is 6.44. The van der Waals surface area contributed by atoms with E-state index in [4.69, 9.17) is 0 Å². The van der Waals surface area contributed by atoms with Crippen LogP contribution in [-0.4, -0.2) is 18.0 Å². The number of allylic oxidation sites excluding steroid dienone is 1. The zero-order valence-corrected chi connectivity index (χ0v) is 10.4. The third-order valence-electron chi connectivity index (χ3n) is 3.70. The molecule has 0 radical (unpaired) electrons. The second kappa shape index (κ2) is 4.84. The van der Waals surface area contributed by atoms with Crippen LogP contribution < -0.4 is 10.6 Å². The first-order valence-electron chi connectivity index (χ1n) is 6.63. The van der Waals surface area contributed by atoms with Gasteiger partial charge in [0.05, 0.1) is 0 Å². The molecular weight excluding hydrogens is 224 g/mol. The van der Waals surface area contributed by atoms with E-state index in [1.54, 1.807) is 0 Å². The first kappa shape index (κ1) is 11.3. The third kappa shape index (κ3) is 2.26. The second-order valence-electron chi connectivity index (χ2n) is 5.05. The van der Waals surface area contributed by atoms with Crippen molar-refractivity contribution in [2.75, 3.05) is 5.32 Å². The molecule has 18 heavy (non-hydrogen) atoms. The molecule has 1 amide bonds. The van der Waals surface area contributed by atoms with Crippen molar-refractivity contribution in [2.45, 2.75) is 37.8 Å². The predicted molar refractivity (Wildman–Crippen MR) is 72.5 cm³/mol. The maximum atomic E-state index is 12.2. The van der Waals surface area contributed by atoms with Crippen molar-refractivity contribution in [1.29, 1.82) is 0 Å². The molecule has 0 aromatic heterocycles. The SMILES string of the molecule is O=C(NC1CC=CCC1)C1Cc2ccccc2N1. The molecule has 3 rings (SSSR count). The summed E-state index contributed by atoms with van der Waals surface area (Å²) in [6.45, 7) is 0. The molecule has 1 aliphatic heterocycles. The molecule has 1 aromatic carbocycles. The monoisotopic (exact) mass is 242 g/mol. The van der Waals surface area contributed by atoms with Gasteiger partial charge in [-0.25, -0.2) is 0 Å². The Morgan fingerprint density at radius 2 is 2.17 bits per heavy atom. The number of hydrogen-bond acceptors (Lipinski definition) is 2. The number of nitrogens with one attached hydrogen (secondary N) is 2. The molecule has 2 atom stereocenters. The Bertz CT molecular complexity index is 456. The first-order valence-corrected chi connectivity index (χ1v) is 6.63. The zero-order valence-electron chi connectivity index (χ0n) is 10.4. The molecule has 0 fully saturated rings. The van der Waals surface area contributed by atoms with Gasteiger partial charge in [0.1, 0.15) is 6.04 Å². The number of benzene rings is 1. The van der Waals surface area contributed by atoms with E-state index in [1.807, 2.05) is 18.2 Å². The number of hydrogen-bond donors (Lipinski definition) is 2. The molecule has 94 valence electrons. The number of carbonyl (C=O) groups excluding carboxylic acids is 1. The van der Waals surface area contributed by atoms with Crippen molar-refractivity contribution in [2.24, 2.45) is 0 Å². The quantitative estimate of drug-likeness (QED) is 0.781. The fraction of sp³-hybridized carbons (Fsp3) is 0.400. The largest absolute Gasteiger partial charge is 0.373 e. The Kier molecular flexibility index (Phi) is 3.05. The Labute approximate surface area is 107 Å². The van der Waals surface area contributed by atoms with Crippen LogP contribution in [0.3, 0.4) is 0 Å². The van der Waals surface area contributed by atoms with E-state index in [-0.39, 0.29) is 11.9 Å². The van der Waals surface area contributed by atoms with Gasteiger partial charge in [-0.3, -0.25) is 4.79 Å². The number of para-hydroxylation sites is 1. The summed E-state index contributed by atoms with van der Waals surface area (Å²) in [4.78, 5) is 12.2. The molecule has 3 heteroatoms. The molecule has 1 aromatic rings. The average molecular weight is 242 g/mol. The van der Waals surface area contributed by atoms with Crippen LogP contribution in [0.4, 0.5) is 5.69 Å². The van der Waals surface area contributed by atoms with Gasteiger partial charge in [0, 0.05) is 18.2 Å². The Morgan fingerprint density at radius 3 is 2.94 bits per heavy atom. The molecule has 1 aliphatic carbocycles. The van der Waals surface area contributed by atoms with Crippen molar-refractivity contribution >= 4 is 11.6 Å². The zero-order chi connectivity index (χ0) is 12.4. The summed E-state index contributed by atoms with van der Waals surface area (Å²) in [7, 11) is 0. The number of fused-ring (bicyclic) bond motifs is 1. The van der Waals surface area contributed by atoms with E-state index < -0.39 is 0 Å². The number of carbonyl (C=O) groups is 1. The van der Waals surface area contributed by atoms with E-state index in [2.05, 4.69) is 28.9 Å². The molecule has 2 unspecified atom stereocenters. The highest BCUT2D eigenvalue weighted by Crippen LogP contribution is 2.25. The highest BCUT2D eigenvalue weighted by atomic mass is 16.2. The van der Waals surface area contributed by atoms with Crippen molar-refractivity contribution in [1.82, 2.24) is 5.32 Å². The van der Waals surface area contributed by atoms with Gasteiger partial charge in [-0.15, -0.1) is 0 Å². The second-order valence-corrected chi connectivity index (χ2v) is 5.05. The van der Waals surface area contributed by atoms with Crippen LogP contribution in [0.1, 0.15) is 24.8 Å². The van der Waals surface area contributed by atoms with Crippen LogP contribution in [0, 0.1) is 0 Å². The lowest BCUT2D eigenvalue weighted by Gasteiger charge is -2.21. The molecule has 2 aliphatic rings. The van der Waals surface area contributed by atoms with Crippen molar-refractivity contribution in [3.05, 3.63) is 42.0 Å². The van der Waals surface area contributed by atoms with Gasteiger partial charge in [0.2, 0.25) is 5.91 Å². The molecule has 0 bridgehead atoms. The van der Waals surface area contributed by atoms with E-state index in [0.29, 0.717) is 6.04 Å². The minimum Gasteiger partial charge on any atom is -0.373 e. The fourth-order valence-corrected chi connectivity index (χ4v) is 2.68. The molecule has 0 saturated heterocycles. The summed E-state index contributed by atoms with van der Waals surface area (Å²) >= 11 is 0. The van der Waals surface area contributed by atoms with Crippen molar-refractivity contribution < 1.29 is 4.79 Å². The van der Waals surface area contributed by atoms with Crippen LogP contribution in [0.5, 0.6) is 0 Å². The van der Waals surface area contributed by atoms with E-state index >= 15 is 0 Å². The van der Waals surface area contributed by atoms with Crippen LogP contribution in [0.15, 0.2) is 36.4 Å². The highest BCUT2D eigenvalue weighted by Gasteiger charge is 2.27. The normalized spacial score (nSPS) is 25.3. The lowest BCUT2D eigenvalue weighted by molar-refractivity contribution is -0.122. The smallest absolute Gasteiger partial charge is 0.243 e. The Hall–Kier alpha value is -1.77. The molecule has 1 heterocycles. The molecule has 2 N–H and O–H groups in total. The summed E-state index contributed by atoms with van der Waals surface area (Å²) < 4.78 is 0. The number of anilines is 1. The van der Waals surface area contributed by atoms with Crippen LogP contribution >= 0.6 is 0 Å². The van der Waals surface area contributed by atoms with E-state index in [1.165, 1.54) is 5.56 Å². The Balaban J connectivity index is 1.60. The van der Waals surface area contributed by atoms with Crippen molar-refractivity contribution in [3.63, 3.8) is 0 Å². The predicted octanol–water partition coefficient (Wildman–Crippen LogP) is 2.25. The van der Waals surface area contributed by atoms with Gasteiger partial charge < -0.3 is 10.6 Å². The maximum Gasteiger partial charge on any atom is 0.243 e. The van der Waals surface area contributed by atoms with Crippen LogP contribution in [-0.2, 0) is 11.2 Å².